The molecule has 2 aromatic carbocycles. The van der Waals surface area contributed by atoms with Gasteiger partial charge in [0.25, 0.3) is 0 Å². The zero-order valence-electron chi connectivity index (χ0n) is 30.1. The van der Waals surface area contributed by atoms with Gasteiger partial charge in [0.1, 0.15) is 17.2 Å². The number of benzene rings is 2. The molecule has 4 aromatic rings. The van der Waals surface area contributed by atoms with Crippen molar-refractivity contribution in [1.82, 2.24) is 30.0 Å². The van der Waals surface area contributed by atoms with Crippen LogP contribution in [0.2, 0.25) is 0 Å². The third kappa shape index (κ3) is 6.06. The second-order valence-electron chi connectivity index (χ2n) is 16.1. The highest BCUT2D eigenvalue weighted by atomic mass is 19.4. The van der Waals surface area contributed by atoms with Crippen molar-refractivity contribution in [3.63, 3.8) is 0 Å². The van der Waals surface area contributed by atoms with Gasteiger partial charge in [-0.1, -0.05) is 13.5 Å². The van der Waals surface area contributed by atoms with Crippen LogP contribution in [0.25, 0.3) is 32.9 Å². The van der Waals surface area contributed by atoms with E-state index in [9.17, 15) is 18.0 Å². The minimum absolute atomic E-state index is 0.000631. The SMILES string of the molecule is C=CC(=O)N1CC2(CCN(c3nc(N4CC(N5CC[C@@H](C)C5)C4)nc4c(OCC(F)(F)F)c(-c5c(C)c(F)cc6[nH]ncc56)c(C5CC5)cc34)CC2)C1. The van der Waals surface area contributed by atoms with Crippen molar-refractivity contribution in [2.75, 3.05) is 68.8 Å². The highest BCUT2D eigenvalue weighted by Gasteiger charge is 2.47. The lowest BCUT2D eigenvalue weighted by Crippen LogP contribution is -2.61. The molecule has 4 saturated heterocycles. The fourth-order valence-electron chi connectivity index (χ4n) is 9.07. The number of likely N-dealkylation sites (tertiary alicyclic amines) is 2. The molecule has 1 aliphatic carbocycles. The van der Waals surface area contributed by atoms with E-state index in [1.165, 1.54) is 18.6 Å². The van der Waals surface area contributed by atoms with Crippen LogP contribution >= 0.6 is 0 Å². The maximum absolute atomic E-state index is 15.6. The Balaban J connectivity index is 1.20. The number of H-pyrrole nitrogens is 1. The number of aromatic nitrogens is 4. The Bertz CT molecular complexity index is 2110. The van der Waals surface area contributed by atoms with Crippen molar-refractivity contribution >= 4 is 39.5 Å². The Morgan fingerprint density at radius 3 is 2.45 bits per heavy atom. The quantitative estimate of drug-likeness (QED) is 0.161. The summed E-state index contributed by atoms with van der Waals surface area (Å²) in [6.45, 7) is 12.3. The molecule has 5 aliphatic rings. The lowest BCUT2D eigenvalue weighted by atomic mass is 9.72. The van der Waals surface area contributed by atoms with Gasteiger partial charge in [-0.2, -0.15) is 23.3 Å². The third-order valence-electron chi connectivity index (χ3n) is 12.3. The summed E-state index contributed by atoms with van der Waals surface area (Å²) in [4.78, 5) is 31.2. The van der Waals surface area contributed by atoms with Crippen molar-refractivity contribution in [3.8, 4) is 16.9 Å². The molecule has 280 valence electrons. The molecular formula is C39H44F4N8O2. The van der Waals surface area contributed by atoms with E-state index in [0.717, 1.165) is 57.4 Å². The Morgan fingerprint density at radius 1 is 1.04 bits per heavy atom. The van der Waals surface area contributed by atoms with Gasteiger partial charge in [-0.15, -0.1) is 0 Å². The summed E-state index contributed by atoms with van der Waals surface area (Å²) in [6.07, 6.45) is 2.89. The van der Waals surface area contributed by atoms with Gasteiger partial charge in [-0.05, 0) is 86.7 Å². The highest BCUT2D eigenvalue weighted by Crippen LogP contribution is 2.54. The number of carbonyl (C=O) groups is 1. The molecule has 10 nitrogen and oxygen atoms in total. The first-order valence-electron chi connectivity index (χ1n) is 18.8. The zero-order chi connectivity index (χ0) is 36.8. The summed E-state index contributed by atoms with van der Waals surface area (Å²) < 4.78 is 63.7. The number of hydrogen-bond acceptors (Lipinski definition) is 8. The zero-order valence-corrected chi connectivity index (χ0v) is 30.1. The molecule has 14 heteroatoms. The topological polar surface area (TPSA) is 93.7 Å². The number of fused-ring (bicyclic) bond motifs is 2. The molecule has 1 amide bonds. The molecule has 53 heavy (non-hydrogen) atoms. The molecule has 1 spiro atoms. The van der Waals surface area contributed by atoms with Gasteiger partial charge in [-0.3, -0.25) is 14.8 Å². The first kappa shape index (κ1) is 34.3. The smallest absolute Gasteiger partial charge is 0.422 e. The van der Waals surface area contributed by atoms with Crippen molar-refractivity contribution < 1.29 is 27.1 Å². The number of anilines is 2. The lowest BCUT2D eigenvalue weighted by molar-refractivity contribution is -0.153. The summed E-state index contributed by atoms with van der Waals surface area (Å²) in [5.74, 6) is 1.29. The van der Waals surface area contributed by atoms with Crippen molar-refractivity contribution in [2.45, 2.75) is 64.1 Å². The number of carbonyl (C=O) groups excluding carboxylic acids is 1. The molecule has 1 saturated carbocycles. The minimum atomic E-state index is -4.62. The number of ether oxygens (including phenoxy) is 1. The predicted octanol–water partition coefficient (Wildman–Crippen LogP) is 6.58. The van der Waals surface area contributed by atoms with Crippen molar-refractivity contribution in [1.29, 1.82) is 0 Å². The van der Waals surface area contributed by atoms with Crippen LogP contribution in [-0.2, 0) is 4.79 Å². The molecule has 6 heterocycles. The summed E-state index contributed by atoms with van der Waals surface area (Å²) in [7, 11) is 0. The van der Waals surface area contributed by atoms with E-state index >= 15 is 4.39 Å². The largest absolute Gasteiger partial charge is 0.481 e. The van der Waals surface area contributed by atoms with Crippen LogP contribution in [0.3, 0.4) is 0 Å². The molecule has 5 fully saturated rings. The van der Waals surface area contributed by atoms with Crippen LogP contribution in [0.15, 0.2) is 31.0 Å². The molecule has 9 rings (SSSR count). The van der Waals surface area contributed by atoms with Crippen molar-refractivity contribution in [2.24, 2.45) is 11.3 Å². The number of hydrogen-bond donors (Lipinski definition) is 1. The van der Waals surface area contributed by atoms with E-state index in [1.807, 2.05) is 11.0 Å². The number of rotatable bonds is 8. The first-order chi connectivity index (χ1) is 25.4. The van der Waals surface area contributed by atoms with Gasteiger partial charge >= 0.3 is 6.18 Å². The van der Waals surface area contributed by atoms with Gasteiger partial charge in [0.05, 0.1) is 11.7 Å². The number of nitrogens with one attached hydrogen (secondary N) is 1. The molecule has 2 aromatic heterocycles. The standard InChI is InChI=1S/C39H44F4N8O2/c1-4-31(52)51-19-38(20-51)8-11-48(12-9-38)36-27-13-26(24-5-6-24)33(32-23(3)29(40)14-30-28(32)15-44-47-30)35(53-21-39(41,42)43)34(27)45-37(46-36)50-17-25(18-50)49-10-7-22(2)16-49/h4,13-15,22,24-25H,1,5-12,16-21H2,2-3H3,(H,44,47)/t22-/m1/s1. The van der Waals surface area contributed by atoms with E-state index in [1.54, 1.807) is 13.1 Å². The van der Waals surface area contributed by atoms with Crippen LogP contribution < -0.4 is 14.5 Å². The van der Waals surface area contributed by atoms with E-state index in [2.05, 4.69) is 38.4 Å². The van der Waals surface area contributed by atoms with E-state index in [-0.39, 0.29) is 23.0 Å². The van der Waals surface area contributed by atoms with Crippen LogP contribution in [0.4, 0.5) is 29.3 Å². The van der Waals surface area contributed by atoms with Gasteiger partial charge in [0, 0.05) is 79.2 Å². The molecular weight excluding hydrogens is 688 g/mol. The maximum Gasteiger partial charge on any atom is 0.422 e. The summed E-state index contributed by atoms with van der Waals surface area (Å²) in [5, 5.41) is 8.25. The summed E-state index contributed by atoms with van der Waals surface area (Å²) in [6, 6.07) is 3.75. The van der Waals surface area contributed by atoms with Gasteiger partial charge in [0.2, 0.25) is 11.9 Å². The molecule has 1 atom stereocenters. The van der Waals surface area contributed by atoms with E-state index in [0.29, 0.717) is 88.4 Å². The predicted molar refractivity (Wildman–Crippen MR) is 195 cm³/mol. The molecule has 4 aliphatic heterocycles. The van der Waals surface area contributed by atoms with Gasteiger partial charge in [0.15, 0.2) is 12.4 Å². The number of aromatic amines is 1. The molecule has 1 N–H and O–H groups in total. The normalized spacial score (nSPS) is 22.2. The monoisotopic (exact) mass is 732 g/mol. The Hall–Kier alpha value is -4.46. The molecule has 0 bridgehead atoms. The summed E-state index contributed by atoms with van der Waals surface area (Å²) >= 11 is 0. The average Bonchev–Trinajstić information content (AvgIpc) is 3.70. The third-order valence-corrected chi connectivity index (χ3v) is 12.3. The number of amides is 1. The number of halogens is 4. The Morgan fingerprint density at radius 2 is 1.79 bits per heavy atom. The van der Waals surface area contributed by atoms with Crippen LogP contribution in [-0.4, -0.2) is 107 Å². The fourth-order valence-corrected chi connectivity index (χ4v) is 9.07. The van der Waals surface area contributed by atoms with Crippen molar-refractivity contribution in [3.05, 3.63) is 47.9 Å². The first-order valence-corrected chi connectivity index (χ1v) is 18.8. The van der Waals surface area contributed by atoms with Crippen LogP contribution in [0.1, 0.15) is 56.1 Å². The number of piperidine rings is 1. The van der Waals surface area contributed by atoms with Gasteiger partial charge < -0.3 is 19.4 Å². The van der Waals surface area contributed by atoms with E-state index < -0.39 is 18.6 Å². The Kier molecular flexibility index (Phi) is 8.13. The number of nitrogens with zero attached hydrogens (tertiary/aromatic N) is 7. The second-order valence-corrected chi connectivity index (χ2v) is 16.1. The van der Waals surface area contributed by atoms with Crippen LogP contribution in [0, 0.1) is 24.1 Å². The summed E-state index contributed by atoms with van der Waals surface area (Å²) in [5.41, 5.74) is 2.78. The highest BCUT2D eigenvalue weighted by molar-refractivity contribution is 6.06. The van der Waals surface area contributed by atoms with Crippen LogP contribution in [0.5, 0.6) is 5.75 Å². The molecule has 0 unspecified atom stereocenters. The van der Waals surface area contributed by atoms with E-state index in [4.69, 9.17) is 14.7 Å². The second kappa shape index (κ2) is 12.6. The number of alkyl halides is 3. The molecule has 0 radical (unpaired) electrons. The average molecular weight is 733 g/mol. The maximum atomic E-state index is 15.6. The fraction of sp³-hybridized carbons (Fsp3) is 0.538. The Labute approximate surface area is 305 Å². The van der Waals surface area contributed by atoms with Gasteiger partial charge in [-0.25, -0.2) is 9.37 Å². The lowest BCUT2D eigenvalue weighted by Gasteiger charge is -2.54. The minimum Gasteiger partial charge on any atom is -0.481 e.